The summed E-state index contributed by atoms with van der Waals surface area (Å²) in [6.45, 7) is 0.740. The van der Waals surface area contributed by atoms with Gasteiger partial charge in [0.15, 0.2) is 0 Å². The van der Waals surface area contributed by atoms with Crippen LogP contribution in [0.2, 0.25) is 0 Å². The Hall–Kier alpha value is -2.26. The summed E-state index contributed by atoms with van der Waals surface area (Å²) in [6, 6.07) is 5.36. The number of ether oxygens (including phenoxy) is 1. The second-order valence-corrected chi connectivity index (χ2v) is 4.00. The summed E-state index contributed by atoms with van der Waals surface area (Å²) in [5, 5.41) is 12.6. The van der Waals surface area contributed by atoms with Gasteiger partial charge in [0.05, 0.1) is 5.56 Å². The van der Waals surface area contributed by atoms with E-state index in [-0.39, 0.29) is 6.10 Å². The monoisotopic (exact) mass is 242 g/mol. The van der Waals surface area contributed by atoms with E-state index in [2.05, 4.69) is 15.1 Å². The zero-order valence-corrected chi connectivity index (χ0v) is 9.54. The Morgan fingerprint density at radius 2 is 2.33 bits per heavy atom. The molecule has 6 heteroatoms. The van der Waals surface area contributed by atoms with Crippen molar-refractivity contribution in [1.29, 1.82) is 5.26 Å². The maximum Gasteiger partial charge on any atom is 0.276 e. The molecule has 0 bridgehead atoms. The summed E-state index contributed by atoms with van der Waals surface area (Å²) in [5.74, 6) is 0.915. The highest BCUT2D eigenvalue weighted by Gasteiger charge is 2.23. The van der Waals surface area contributed by atoms with Crippen LogP contribution in [-0.2, 0) is 4.74 Å². The molecule has 0 spiro atoms. The lowest BCUT2D eigenvalue weighted by molar-refractivity contribution is 0.103. The molecule has 90 valence electrons. The van der Waals surface area contributed by atoms with E-state index < -0.39 is 0 Å². The van der Waals surface area contributed by atoms with Gasteiger partial charge in [0.2, 0.25) is 5.82 Å². The standard InChI is InChI=1S/C12H10N4O2/c13-6-8-3-4-9(14-7-8)12-15-11(16-18-12)10-2-1-5-17-10/h3-4,7,10H,1-2,5H2. The predicted molar refractivity (Wildman–Crippen MR) is 60.2 cm³/mol. The predicted octanol–water partition coefficient (Wildman–Crippen LogP) is 1.85. The average molecular weight is 242 g/mol. The fraction of sp³-hybridized carbons (Fsp3) is 0.333. The van der Waals surface area contributed by atoms with Gasteiger partial charge in [-0.05, 0) is 25.0 Å². The van der Waals surface area contributed by atoms with E-state index in [1.165, 1.54) is 6.20 Å². The molecular weight excluding hydrogens is 232 g/mol. The minimum Gasteiger partial charge on any atom is -0.370 e. The largest absolute Gasteiger partial charge is 0.370 e. The molecule has 6 nitrogen and oxygen atoms in total. The van der Waals surface area contributed by atoms with E-state index >= 15 is 0 Å². The lowest BCUT2D eigenvalue weighted by atomic mass is 10.2. The molecule has 18 heavy (non-hydrogen) atoms. The zero-order valence-electron chi connectivity index (χ0n) is 9.54. The van der Waals surface area contributed by atoms with Crippen LogP contribution in [0.3, 0.4) is 0 Å². The zero-order chi connectivity index (χ0) is 12.4. The van der Waals surface area contributed by atoms with Crippen LogP contribution >= 0.6 is 0 Å². The minimum atomic E-state index is -0.0686. The smallest absolute Gasteiger partial charge is 0.276 e. The number of aromatic nitrogens is 3. The van der Waals surface area contributed by atoms with E-state index in [9.17, 15) is 0 Å². The van der Waals surface area contributed by atoms with E-state index in [1.54, 1.807) is 12.1 Å². The molecule has 3 rings (SSSR count). The molecule has 1 unspecified atom stereocenters. The molecule has 0 amide bonds. The summed E-state index contributed by atoms with van der Waals surface area (Å²) in [4.78, 5) is 8.37. The van der Waals surface area contributed by atoms with Crippen molar-refractivity contribution in [3.8, 4) is 17.7 Å². The maximum absolute atomic E-state index is 8.69. The Morgan fingerprint density at radius 1 is 1.39 bits per heavy atom. The highest BCUT2D eigenvalue weighted by molar-refractivity contribution is 5.47. The van der Waals surface area contributed by atoms with Crippen LogP contribution < -0.4 is 0 Å². The van der Waals surface area contributed by atoms with Crippen molar-refractivity contribution >= 4 is 0 Å². The van der Waals surface area contributed by atoms with Gasteiger partial charge in [0, 0.05) is 12.8 Å². The van der Waals surface area contributed by atoms with Crippen molar-refractivity contribution in [3.05, 3.63) is 29.7 Å². The first-order valence-electron chi connectivity index (χ1n) is 5.68. The third-order valence-electron chi connectivity index (χ3n) is 2.77. The van der Waals surface area contributed by atoms with E-state index in [1.807, 2.05) is 6.07 Å². The van der Waals surface area contributed by atoms with Gasteiger partial charge in [0.1, 0.15) is 17.9 Å². The van der Waals surface area contributed by atoms with Crippen LogP contribution in [0.4, 0.5) is 0 Å². The lowest BCUT2D eigenvalue weighted by Crippen LogP contribution is -1.97. The van der Waals surface area contributed by atoms with E-state index in [4.69, 9.17) is 14.5 Å². The van der Waals surface area contributed by atoms with Gasteiger partial charge < -0.3 is 9.26 Å². The topological polar surface area (TPSA) is 84.8 Å². The quantitative estimate of drug-likeness (QED) is 0.798. The van der Waals surface area contributed by atoms with Gasteiger partial charge >= 0.3 is 0 Å². The number of hydrogen-bond acceptors (Lipinski definition) is 6. The third-order valence-corrected chi connectivity index (χ3v) is 2.77. The molecule has 0 radical (unpaired) electrons. The molecule has 3 heterocycles. The Bertz CT molecular complexity index is 579. The molecule has 0 saturated carbocycles. The van der Waals surface area contributed by atoms with Gasteiger partial charge in [-0.15, -0.1) is 0 Å². The molecule has 0 aromatic carbocycles. The Balaban J connectivity index is 1.85. The molecule has 1 atom stereocenters. The number of hydrogen-bond donors (Lipinski definition) is 0. The molecule has 2 aromatic heterocycles. The summed E-state index contributed by atoms with van der Waals surface area (Å²) >= 11 is 0. The number of nitrogens with zero attached hydrogens (tertiary/aromatic N) is 4. The molecule has 1 saturated heterocycles. The summed E-state index contributed by atoms with van der Waals surface area (Å²) in [7, 11) is 0. The van der Waals surface area contributed by atoms with Crippen molar-refractivity contribution in [3.63, 3.8) is 0 Å². The second-order valence-electron chi connectivity index (χ2n) is 4.00. The molecule has 1 aliphatic rings. The van der Waals surface area contributed by atoms with Gasteiger partial charge in [-0.25, -0.2) is 4.98 Å². The van der Waals surface area contributed by atoms with E-state index in [0.717, 1.165) is 19.4 Å². The van der Waals surface area contributed by atoms with Gasteiger partial charge in [0.25, 0.3) is 5.89 Å². The van der Waals surface area contributed by atoms with Crippen LogP contribution in [0, 0.1) is 11.3 Å². The summed E-state index contributed by atoms with van der Waals surface area (Å²) < 4.78 is 10.6. The van der Waals surface area contributed by atoms with Gasteiger partial charge in [-0.1, -0.05) is 5.16 Å². The summed E-state index contributed by atoms with van der Waals surface area (Å²) in [5.41, 5.74) is 1.06. The van der Waals surface area contributed by atoms with Crippen molar-refractivity contribution in [2.75, 3.05) is 6.61 Å². The van der Waals surface area contributed by atoms with Crippen LogP contribution in [0.25, 0.3) is 11.6 Å². The number of nitriles is 1. The van der Waals surface area contributed by atoms with Crippen LogP contribution in [-0.4, -0.2) is 21.7 Å². The van der Waals surface area contributed by atoms with Crippen LogP contribution in [0.5, 0.6) is 0 Å². The maximum atomic E-state index is 8.69. The first kappa shape index (κ1) is 10.9. The fourth-order valence-electron chi connectivity index (χ4n) is 1.84. The average Bonchev–Trinajstić information content (AvgIpc) is 3.09. The Morgan fingerprint density at radius 3 is 3.00 bits per heavy atom. The van der Waals surface area contributed by atoms with Crippen LogP contribution in [0.1, 0.15) is 30.3 Å². The van der Waals surface area contributed by atoms with Crippen LogP contribution in [0.15, 0.2) is 22.9 Å². The van der Waals surface area contributed by atoms with Crippen molar-refractivity contribution in [1.82, 2.24) is 15.1 Å². The Labute approximate surface area is 103 Å². The molecule has 0 N–H and O–H groups in total. The summed E-state index contributed by atoms with van der Waals surface area (Å²) in [6.07, 6.45) is 3.34. The highest BCUT2D eigenvalue weighted by atomic mass is 16.5. The lowest BCUT2D eigenvalue weighted by Gasteiger charge is -2.00. The second kappa shape index (κ2) is 4.55. The van der Waals surface area contributed by atoms with Crippen molar-refractivity contribution < 1.29 is 9.26 Å². The molecule has 1 aliphatic heterocycles. The first-order valence-corrected chi connectivity index (χ1v) is 5.68. The normalized spacial score (nSPS) is 18.7. The minimum absolute atomic E-state index is 0.0686. The van der Waals surface area contributed by atoms with Crippen molar-refractivity contribution in [2.45, 2.75) is 18.9 Å². The van der Waals surface area contributed by atoms with Gasteiger partial charge in [-0.2, -0.15) is 10.2 Å². The fourth-order valence-corrected chi connectivity index (χ4v) is 1.84. The van der Waals surface area contributed by atoms with E-state index in [0.29, 0.717) is 23.0 Å². The molecule has 1 fully saturated rings. The Kier molecular flexibility index (Phi) is 2.74. The molecule has 2 aromatic rings. The van der Waals surface area contributed by atoms with Crippen molar-refractivity contribution in [2.24, 2.45) is 0 Å². The molecule has 0 aliphatic carbocycles. The first-order chi connectivity index (χ1) is 8.86. The number of rotatable bonds is 2. The number of pyridine rings is 1. The highest BCUT2D eigenvalue weighted by Crippen LogP contribution is 2.27. The SMILES string of the molecule is N#Cc1ccc(-c2nc(C3CCCO3)no2)nc1. The van der Waals surface area contributed by atoms with Gasteiger partial charge in [-0.3, -0.25) is 0 Å². The molecular formula is C12H10N4O2. The third kappa shape index (κ3) is 1.96.